The summed E-state index contributed by atoms with van der Waals surface area (Å²) in [5.41, 5.74) is 0. The van der Waals surface area contributed by atoms with Crippen LogP contribution in [0.2, 0.25) is 0 Å². The summed E-state index contributed by atoms with van der Waals surface area (Å²) in [5, 5.41) is 0. The van der Waals surface area contributed by atoms with Crippen LogP contribution in [-0.4, -0.2) is 50.1 Å². The molecule has 0 spiro atoms. The van der Waals surface area contributed by atoms with Gasteiger partial charge >= 0.3 is 0 Å². The molecule has 2 nitrogen and oxygen atoms in total. The van der Waals surface area contributed by atoms with Gasteiger partial charge in [0.05, 0.1) is 0 Å². The van der Waals surface area contributed by atoms with Gasteiger partial charge < -0.3 is 9.80 Å². The SMILES string of the molecule is CC.CC.CCC(CC(C)N(C)C)N(C)C. The zero-order valence-corrected chi connectivity index (χ0v) is 13.5. The molecule has 2 heteroatoms. The van der Waals surface area contributed by atoms with E-state index < -0.39 is 0 Å². The third kappa shape index (κ3) is 12.0. The molecule has 0 aliphatic heterocycles. The van der Waals surface area contributed by atoms with Gasteiger partial charge in [-0.05, 0) is 48.0 Å². The van der Waals surface area contributed by atoms with Crippen LogP contribution in [0.3, 0.4) is 0 Å². The van der Waals surface area contributed by atoms with E-state index >= 15 is 0 Å². The van der Waals surface area contributed by atoms with Crippen LogP contribution >= 0.6 is 0 Å². The van der Waals surface area contributed by atoms with Gasteiger partial charge in [-0.25, -0.2) is 0 Å². The molecule has 0 fully saturated rings. The van der Waals surface area contributed by atoms with E-state index in [2.05, 4.69) is 51.8 Å². The molecule has 2 unspecified atom stereocenters. The molecule has 0 aromatic carbocycles. The summed E-state index contributed by atoms with van der Waals surface area (Å²) < 4.78 is 0. The lowest BCUT2D eigenvalue weighted by atomic mass is 10.0. The Balaban J connectivity index is -0.000000376. The maximum Gasteiger partial charge on any atom is 0.0101 e. The smallest absolute Gasteiger partial charge is 0.0101 e. The average Bonchev–Trinajstić information content (AvgIpc) is 2.30. The largest absolute Gasteiger partial charge is 0.307 e. The molecule has 0 aliphatic carbocycles. The molecular formula is C14H36N2. The minimum Gasteiger partial charge on any atom is -0.307 e. The van der Waals surface area contributed by atoms with E-state index in [1.165, 1.54) is 12.8 Å². The molecular weight excluding hydrogens is 196 g/mol. The Labute approximate surface area is 105 Å². The van der Waals surface area contributed by atoms with Crippen molar-refractivity contribution in [2.75, 3.05) is 28.2 Å². The van der Waals surface area contributed by atoms with Gasteiger partial charge in [-0.3, -0.25) is 0 Å². The van der Waals surface area contributed by atoms with Crippen LogP contribution in [0.15, 0.2) is 0 Å². The Bertz CT molecular complexity index is 111. The van der Waals surface area contributed by atoms with Gasteiger partial charge in [-0.15, -0.1) is 0 Å². The van der Waals surface area contributed by atoms with Crippen LogP contribution in [0.4, 0.5) is 0 Å². The van der Waals surface area contributed by atoms with E-state index in [1.54, 1.807) is 0 Å². The van der Waals surface area contributed by atoms with Crippen LogP contribution in [0.25, 0.3) is 0 Å². The van der Waals surface area contributed by atoms with E-state index in [1.807, 2.05) is 27.7 Å². The minimum atomic E-state index is 0.678. The molecule has 0 saturated heterocycles. The van der Waals surface area contributed by atoms with Crippen LogP contribution in [0, 0.1) is 0 Å². The van der Waals surface area contributed by atoms with Crippen molar-refractivity contribution < 1.29 is 0 Å². The first-order chi connectivity index (χ1) is 7.49. The van der Waals surface area contributed by atoms with E-state index in [0.29, 0.717) is 6.04 Å². The molecule has 0 radical (unpaired) electrons. The molecule has 0 heterocycles. The quantitative estimate of drug-likeness (QED) is 0.713. The van der Waals surface area contributed by atoms with Crippen molar-refractivity contribution in [1.29, 1.82) is 0 Å². The first-order valence-electron chi connectivity index (χ1n) is 6.81. The second kappa shape index (κ2) is 14.9. The van der Waals surface area contributed by atoms with Crippen molar-refractivity contribution in [2.24, 2.45) is 0 Å². The van der Waals surface area contributed by atoms with Crippen molar-refractivity contribution >= 4 is 0 Å². The Hall–Kier alpha value is -0.0800. The lowest BCUT2D eigenvalue weighted by Crippen LogP contribution is -2.35. The van der Waals surface area contributed by atoms with Crippen molar-refractivity contribution in [3.8, 4) is 0 Å². The summed E-state index contributed by atoms with van der Waals surface area (Å²) in [7, 11) is 8.62. The second-order valence-electron chi connectivity index (χ2n) is 4.07. The molecule has 0 rings (SSSR count). The van der Waals surface area contributed by atoms with Crippen LogP contribution in [0.5, 0.6) is 0 Å². The number of nitrogens with zero attached hydrogens (tertiary/aromatic N) is 2. The molecule has 0 aliphatic rings. The summed E-state index contributed by atoms with van der Waals surface area (Å²) in [5.74, 6) is 0. The van der Waals surface area contributed by atoms with Gasteiger partial charge in [0.25, 0.3) is 0 Å². The van der Waals surface area contributed by atoms with Gasteiger partial charge in [0.1, 0.15) is 0 Å². The zero-order chi connectivity index (χ0) is 13.7. The first-order valence-corrected chi connectivity index (χ1v) is 6.81. The Morgan fingerprint density at radius 3 is 1.38 bits per heavy atom. The average molecular weight is 232 g/mol. The molecule has 0 amide bonds. The highest BCUT2D eigenvalue weighted by atomic mass is 15.1. The molecule has 0 bridgehead atoms. The van der Waals surface area contributed by atoms with Crippen LogP contribution in [-0.2, 0) is 0 Å². The van der Waals surface area contributed by atoms with Crippen molar-refractivity contribution in [2.45, 2.75) is 66.5 Å². The van der Waals surface area contributed by atoms with Gasteiger partial charge in [-0.2, -0.15) is 0 Å². The highest BCUT2D eigenvalue weighted by Gasteiger charge is 2.14. The first kappa shape index (κ1) is 21.2. The summed E-state index contributed by atoms with van der Waals surface area (Å²) in [4.78, 5) is 4.60. The normalized spacial score (nSPS) is 13.5. The van der Waals surface area contributed by atoms with E-state index in [-0.39, 0.29) is 0 Å². The zero-order valence-electron chi connectivity index (χ0n) is 13.5. The van der Waals surface area contributed by atoms with Crippen molar-refractivity contribution in [1.82, 2.24) is 9.80 Å². The molecule has 0 N–H and O–H groups in total. The Morgan fingerprint density at radius 2 is 1.19 bits per heavy atom. The number of hydrogen-bond donors (Lipinski definition) is 0. The van der Waals surface area contributed by atoms with Gasteiger partial charge in [0.2, 0.25) is 0 Å². The second-order valence-corrected chi connectivity index (χ2v) is 4.07. The fraction of sp³-hybridized carbons (Fsp3) is 1.00. The monoisotopic (exact) mass is 232 g/mol. The topological polar surface area (TPSA) is 6.48 Å². The van der Waals surface area contributed by atoms with Gasteiger partial charge in [-0.1, -0.05) is 34.6 Å². The summed E-state index contributed by atoms with van der Waals surface area (Å²) in [6, 6.07) is 1.40. The van der Waals surface area contributed by atoms with E-state index in [4.69, 9.17) is 0 Å². The third-order valence-corrected chi connectivity index (χ3v) is 2.70. The third-order valence-electron chi connectivity index (χ3n) is 2.70. The maximum absolute atomic E-state index is 2.32. The van der Waals surface area contributed by atoms with Gasteiger partial charge in [0, 0.05) is 12.1 Å². The number of hydrogen-bond acceptors (Lipinski definition) is 2. The molecule has 0 aromatic heterocycles. The number of rotatable bonds is 5. The fourth-order valence-corrected chi connectivity index (χ4v) is 1.35. The van der Waals surface area contributed by atoms with Crippen molar-refractivity contribution in [3.05, 3.63) is 0 Å². The molecule has 0 saturated carbocycles. The fourth-order valence-electron chi connectivity index (χ4n) is 1.35. The summed E-state index contributed by atoms with van der Waals surface area (Å²) in [6.07, 6.45) is 2.50. The molecule has 2 atom stereocenters. The van der Waals surface area contributed by atoms with E-state index in [9.17, 15) is 0 Å². The van der Waals surface area contributed by atoms with Crippen LogP contribution in [0.1, 0.15) is 54.4 Å². The molecule has 0 aromatic rings. The lowest BCUT2D eigenvalue weighted by Gasteiger charge is -2.29. The van der Waals surface area contributed by atoms with Gasteiger partial charge in [0.15, 0.2) is 0 Å². The van der Waals surface area contributed by atoms with Crippen LogP contribution < -0.4 is 0 Å². The minimum absolute atomic E-state index is 0.678. The highest BCUT2D eigenvalue weighted by Crippen LogP contribution is 2.10. The highest BCUT2D eigenvalue weighted by molar-refractivity contribution is 4.71. The summed E-state index contributed by atoms with van der Waals surface area (Å²) >= 11 is 0. The predicted octanol–water partition coefficient (Wildman–Crippen LogP) is 3.72. The predicted molar refractivity (Wildman–Crippen MR) is 78.2 cm³/mol. The van der Waals surface area contributed by atoms with E-state index in [0.717, 1.165) is 6.04 Å². The van der Waals surface area contributed by atoms with Crippen molar-refractivity contribution in [3.63, 3.8) is 0 Å². The lowest BCUT2D eigenvalue weighted by molar-refractivity contribution is 0.203. The maximum atomic E-state index is 2.32. The molecule has 16 heavy (non-hydrogen) atoms. The molecule has 102 valence electrons. The Morgan fingerprint density at radius 1 is 0.812 bits per heavy atom. The Kier molecular flexibility index (Phi) is 19.8. The standard InChI is InChI=1S/C10H24N2.2C2H6/c1-7-10(12(5)6)8-9(2)11(3)4;2*1-2/h9-10H,7-8H2,1-6H3;2*1-2H3. The summed E-state index contributed by atoms with van der Waals surface area (Å²) in [6.45, 7) is 12.5.